The standard InChI is InChI=1S/C42H66O15/c1-37(2)14-16-42(36(50)51)17-15-40(6)20(21(42)18-37)8-9-24-39(5)12-11-25(38(3,4)23(39)10-13-41(24,40)7)54-35-32(28(46)26(44)22(19-43)53-35)56-34-30(48)27(45)29(47)31(55-34)33(49)57-52/h8,21-32,34-35,43-48,52H,9-19H2,1-7H3,(H,50,51)/t21-,22+,23-,24+,25-,26-,27-,28-,29-,30+,31-,32+,34-,35-,39-,40+,41+,42-/m0/s1. The molecule has 18 atom stereocenters. The SMILES string of the molecule is CC1(C)CC[C@]2(C(=O)O)CC[C@]3(C)C(=CC[C@@H]4[C@@]5(C)CC[C@H](O[C@@H]6O[C@H](CO)[C@H](O)[C@H](O)[C@H]6O[C@@H]6O[C@H](C(=O)OO)[C@@H](O)[C@H](O)[C@H]6O)C(C)(C)[C@@H]5CC[C@]43C)[C@@H]2C1. The molecule has 15 heteroatoms. The maximum absolute atomic E-state index is 13.1. The summed E-state index contributed by atoms with van der Waals surface area (Å²) in [6.07, 6.45) is -7.16. The van der Waals surface area contributed by atoms with Gasteiger partial charge in [0.1, 0.15) is 42.7 Å². The molecule has 4 saturated carbocycles. The second kappa shape index (κ2) is 14.7. The van der Waals surface area contributed by atoms with Crippen molar-refractivity contribution in [2.45, 2.75) is 180 Å². The predicted molar refractivity (Wildman–Crippen MR) is 200 cm³/mol. The van der Waals surface area contributed by atoms with Gasteiger partial charge in [-0.15, -0.1) is 0 Å². The van der Waals surface area contributed by atoms with Gasteiger partial charge in [-0.1, -0.05) is 60.1 Å². The molecule has 8 N–H and O–H groups in total. The quantitative estimate of drug-likeness (QED) is 0.0798. The molecule has 0 amide bonds. The van der Waals surface area contributed by atoms with Crippen molar-refractivity contribution in [1.82, 2.24) is 0 Å². The van der Waals surface area contributed by atoms with Crippen LogP contribution in [-0.4, -0.2) is 127 Å². The van der Waals surface area contributed by atoms with Crippen molar-refractivity contribution >= 4 is 11.9 Å². The number of allylic oxidation sites excluding steroid dienone is 2. The van der Waals surface area contributed by atoms with Crippen LogP contribution in [0.5, 0.6) is 0 Å². The molecule has 5 aliphatic carbocycles. The molecule has 7 rings (SSSR count). The summed E-state index contributed by atoms with van der Waals surface area (Å²) in [6, 6.07) is 0. The van der Waals surface area contributed by atoms with Gasteiger partial charge in [0, 0.05) is 0 Å². The van der Waals surface area contributed by atoms with Gasteiger partial charge in [-0.05, 0) is 109 Å². The Morgan fingerprint density at radius 1 is 0.772 bits per heavy atom. The summed E-state index contributed by atoms with van der Waals surface area (Å²) >= 11 is 0. The van der Waals surface area contributed by atoms with Crippen molar-refractivity contribution in [3.63, 3.8) is 0 Å². The minimum Gasteiger partial charge on any atom is -0.481 e. The zero-order valence-corrected chi connectivity index (χ0v) is 34.4. The number of aliphatic hydroxyl groups is 6. The topological polar surface area (TPSA) is 242 Å². The molecule has 2 aliphatic heterocycles. The maximum Gasteiger partial charge on any atom is 0.373 e. The van der Waals surface area contributed by atoms with Crippen LogP contribution in [0.3, 0.4) is 0 Å². The zero-order valence-electron chi connectivity index (χ0n) is 34.4. The molecule has 0 aromatic carbocycles. The lowest BCUT2D eigenvalue weighted by Gasteiger charge is -2.71. The van der Waals surface area contributed by atoms with Crippen molar-refractivity contribution in [1.29, 1.82) is 0 Å². The first-order valence-corrected chi connectivity index (χ1v) is 21.0. The number of rotatable bonds is 7. The van der Waals surface area contributed by atoms with Crippen LogP contribution in [0.25, 0.3) is 0 Å². The molecular weight excluding hydrogens is 744 g/mol. The number of hydrogen-bond acceptors (Lipinski definition) is 14. The lowest BCUT2D eigenvalue weighted by atomic mass is 9.33. The second-order valence-electron chi connectivity index (χ2n) is 20.8. The van der Waals surface area contributed by atoms with Gasteiger partial charge >= 0.3 is 11.9 Å². The minimum atomic E-state index is -1.98. The normalized spacial score (nSPS) is 51.6. The van der Waals surface area contributed by atoms with E-state index in [1.165, 1.54) is 5.57 Å². The molecule has 2 heterocycles. The Labute approximate surface area is 334 Å². The molecule has 0 unspecified atom stereocenters. The highest BCUT2D eigenvalue weighted by atomic mass is 17.1. The zero-order chi connectivity index (χ0) is 41.8. The molecule has 324 valence electrons. The Morgan fingerprint density at radius 3 is 2.11 bits per heavy atom. The highest BCUT2D eigenvalue weighted by Crippen LogP contribution is 2.76. The highest BCUT2D eigenvalue weighted by molar-refractivity contribution is 5.77. The van der Waals surface area contributed by atoms with Gasteiger partial charge < -0.3 is 54.7 Å². The highest BCUT2D eigenvalue weighted by Gasteiger charge is 2.70. The number of carbonyl (C=O) groups excluding carboxylic acids is 1. The molecule has 15 nitrogen and oxygen atoms in total. The molecule has 6 fully saturated rings. The third kappa shape index (κ3) is 6.47. The Hall–Kier alpha value is -1.76. The Morgan fingerprint density at radius 2 is 1.46 bits per heavy atom. The first-order valence-electron chi connectivity index (χ1n) is 21.0. The maximum atomic E-state index is 13.1. The first kappa shape index (κ1) is 43.3. The monoisotopic (exact) mass is 810 g/mol. The van der Waals surface area contributed by atoms with Crippen molar-refractivity contribution in [2.24, 2.45) is 50.2 Å². The minimum absolute atomic E-state index is 0.0199. The van der Waals surface area contributed by atoms with Gasteiger partial charge in [0.05, 0.1) is 18.1 Å². The number of aliphatic hydroxyl groups excluding tert-OH is 6. The van der Waals surface area contributed by atoms with E-state index in [4.69, 9.17) is 24.2 Å². The van der Waals surface area contributed by atoms with E-state index in [0.29, 0.717) is 25.2 Å². The number of aliphatic carboxylic acids is 1. The number of hydrogen-bond donors (Lipinski definition) is 8. The van der Waals surface area contributed by atoms with Gasteiger partial charge in [-0.25, -0.2) is 4.79 Å². The third-order valence-corrected chi connectivity index (χ3v) is 17.3. The summed E-state index contributed by atoms with van der Waals surface area (Å²) in [5.41, 5.74) is -0.0245. The third-order valence-electron chi connectivity index (χ3n) is 17.3. The van der Waals surface area contributed by atoms with Crippen LogP contribution >= 0.6 is 0 Å². The summed E-state index contributed by atoms with van der Waals surface area (Å²) in [7, 11) is 0. The summed E-state index contributed by atoms with van der Waals surface area (Å²) in [6.45, 7) is 15.5. The van der Waals surface area contributed by atoms with Crippen LogP contribution in [0.4, 0.5) is 0 Å². The number of carbonyl (C=O) groups is 2. The summed E-state index contributed by atoms with van der Waals surface area (Å²) in [4.78, 5) is 28.9. The van der Waals surface area contributed by atoms with Gasteiger partial charge in [0.25, 0.3) is 0 Å². The van der Waals surface area contributed by atoms with Crippen LogP contribution in [0.1, 0.15) is 113 Å². The van der Waals surface area contributed by atoms with E-state index in [9.17, 15) is 45.3 Å². The fraction of sp³-hybridized carbons (Fsp3) is 0.905. The van der Waals surface area contributed by atoms with E-state index in [0.717, 1.165) is 44.9 Å². The van der Waals surface area contributed by atoms with E-state index in [1.54, 1.807) is 0 Å². The van der Waals surface area contributed by atoms with E-state index < -0.39 is 96.9 Å². The van der Waals surface area contributed by atoms with Crippen LogP contribution in [0, 0.1) is 50.2 Å². The smallest absolute Gasteiger partial charge is 0.373 e. The molecule has 57 heavy (non-hydrogen) atoms. The van der Waals surface area contributed by atoms with E-state index >= 15 is 0 Å². The molecule has 0 aromatic rings. The molecule has 2 saturated heterocycles. The first-order chi connectivity index (χ1) is 26.5. The average molecular weight is 811 g/mol. The Balaban J connectivity index is 1.15. The number of fused-ring (bicyclic) bond motifs is 7. The number of ether oxygens (including phenoxy) is 4. The van der Waals surface area contributed by atoms with Gasteiger partial charge in [0.2, 0.25) is 0 Å². The van der Waals surface area contributed by atoms with Crippen LogP contribution in [0.15, 0.2) is 11.6 Å². The van der Waals surface area contributed by atoms with Gasteiger partial charge in [0.15, 0.2) is 18.7 Å². The number of carboxylic acid groups (broad SMARTS) is 1. The van der Waals surface area contributed by atoms with Crippen molar-refractivity contribution < 1.29 is 74.4 Å². The Kier molecular flexibility index (Phi) is 11.2. The molecule has 0 aromatic heterocycles. The summed E-state index contributed by atoms with van der Waals surface area (Å²) in [5, 5.41) is 83.4. The lowest BCUT2D eigenvalue weighted by molar-refractivity contribution is -0.377. The second-order valence-corrected chi connectivity index (χ2v) is 20.8. The predicted octanol–water partition coefficient (Wildman–Crippen LogP) is 2.91. The summed E-state index contributed by atoms with van der Waals surface area (Å²) in [5.74, 6) is -1.57. The van der Waals surface area contributed by atoms with E-state index in [1.807, 2.05) is 0 Å². The molecule has 0 radical (unpaired) electrons. The van der Waals surface area contributed by atoms with Crippen LogP contribution in [-0.2, 0) is 33.4 Å². The van der Waals surface area contributed by atoms with Crippen molar-refractivity contribution in [3.8, 4) is 0 Å². The van der Waals surface area contributed by atoms with Crippen LogP contribution < -0.4 is 0 Å². The fourth-order valence-electron chi connectivity index (χ4n) is 13.7. The average Bonchev–Trinajstić information content (AvgIpc) is 3.15. The van der Waals surface area contributed by atoms with Gasteiger partial charge in [-0.2, -0.15) is 5.26 Å². The molecular formula is C42H66O15. The van der Waals surface area contributed by atoms with Crippen molar-refractivity contribution in [2.75, 3.05) is 6.61 Å². The molecule has 7 aliphatic rings. The van der Waals surface area contributed by atoms with E-state index in [-0.39, 0.29) is 33.5 Å². The Bertz CT molecular complexity index is 1580. The van der Waals surface area contributed by atoms with E-state index in [2.05, 4.69) is 59.4 Å². The molecule has 0 bridgehead atoms. The van der Waals surface area contributed by atoms with Gasteiger partial charge in [-0.3, -0.25) is 9.68 Å². The molecule has 0 spiro atoms. The van der Waals surface area contributed by atoms with Crippen LogP contribution in [0.2, 0.25) is 0 Å². The largest absolute Gasteiger partial charge is 0.481 e. The number of carboxylic acids is 1. The fourth-order valence-corrected chi connectivity index (χ4v) is 13.7. The lowest BCUT2D eigenvalue weighted by Crippen LogP contribution is -2.67. The summed E-state index contributed by atoms with van der Waals surface area (Å²) < 4.78 is 24.1. The van der Waals surface area contributed by atoms with Crippen molar-refractivity contribution in [3.05, 3.63) is 11.6 Å².